The molecule has 1 aromatic rings. The van der Waals surface area contributed by atoms with Crippen LogP contribution in [-0.2, 0) is 0 Å². The van der Waals surface area contributed by atoms with Crippen molar-refractivity contribution in [3.63, 3.8) is 0 Å². The maximum atomic E-state index is 10.8. The second kappa shape index (κ2) is 7.23. The quantitative estimate of drug-likeness (QED) is 0.819. The minimum atomic E-state index is 0.121. The molecule has 4 nitrogen and oxygen atoms in total. The van der Waals surface area contributed by atoms with Crippen LogP contribution in [0.5, 0.6) is 0 Å². The normalized spacial score (nSPS) is 26.5. The summed E-state index contributed by atoms with van der Waals surface area (Å²) in [6, 6.07) is 3.77. The maximum absolute atomic E-state index is 10.8. The number of aromatic nitrogens is 1. The molecule has 1 aliphatic carbocycles. The third-order valence-electron chi connectivity index (χ3n) is 5.19. The molecule has 1 saturated heterocycles. The average Bonchev–Trinajstić information content (AvgIpc) is 2.57. The highest BCUT2D eigenvalue weighted by molar-refractivity contribution is 5.74. The van der Waals surface area contributed by atoms with E-state index < -0.39 is 0 Å². The molecule has 0 amide bonds. The predicted molar refractivity (Wildman–Crippen MR) is 89.3 cm³/mol. The zero-order chi connectivity index (χ0) is 15.3. The fraction of sp³-hybridized carbons (Fsp3) is 0.667. The van der Waals surface area contributed by atoms with Gasteiger partial charge in [0.2, 0.25) is 0 Å². The summed E-state index contributed by atoms with van der Waals surface area (Å²) in [5.74, 6) is 1.74. The van der Waals surface area contributed by atoms with Crippen molar-refractivity contribution in [1.29, 1.82) is 0 Å². The van der Waals surface area contributed by atoms with Gasteiger partial charge in [-0.1, -0.05) is 32.1 Å². The van der Waals surface area contributed by atoms with Crippen LogP contribution in [0.15, 0.2) is 18.3 Å². The van der Waals surface area contributed by atoms with Gasteiger partial charge in [0, 0.05) is 18.3 Å². The Balaban J connectivity index is 1.71. The van der Waals surface area contributed by atoms with E-state index in [1.165, 1.54) is 51.4 Å². The number of piperidine rings is 1. The van der Waals surface area contributed by atoms with Crippen molar-refractivity contribution in [2.24, 2.45) is 5.92 Å². The summed E-state index contributed by atoms with van der Waals surface area (Å²) in [5.41, 5.74) is 0.754. The van der Waals surface area contributed by atoms with Crippen LogP contribution in [0.4, 0.5) is 5.82 Å². The van der Waals surface area contributed by atoms with Crippen molar-refractivity contribution in [1.82, 2.24) is 10.3 Å². The fourth-order valence-electron chi connectivity index (χ4n) is 4.06. The van der Waals surface area contributed by atoms with E-state index in [1.54, 1.807) is 6.20 Å². The van der Waals surface area contributed by atoms with Gasteiger partial charge >= 0.3 is 0 Å². The van der Waals surface area contributed by atoms with Crippen LogP contribution in [0.3, 0.4) is 0 Å². The molecule has 2 N–H and O–H groups in total. The number of anilines is 1. The molecular formula is C18H27N3O. The first-order chi connectivity index (χ1) is 10.8. The first kappa shape index (κ1) is 15.5. The van der Waals surface area contributed by atoms with Crippen molar-refractivity contribution in [2.45, 2.75) is 56.9 Å². The van der Waals surface area contributed by atoms with Gasteiger partial charge in [-0.2, -0.15) is 0 Å². The van der Waals surface area contributed by atoms with E-state index in [1.807, 2.05) is 12.1 Å². The van der Waals surface area contributed by atoms with E-state index in [9.17, 15) is 4.79 Å². The van der Waals surface area contributed by atoms with E-state index in [0.29, 0.717) is 5.56 Å². The van der Waals surface area contributed by atoms with Gasteiger partial charge < -0.3 is 10.6 Å². The number of carbonyl (C=O) groups is 1. The van der Waals surface area contributed by atoms with Crippen LogP contribution in [0.2, 0.25) is 0 Å². The molecule has 2 fully saturated rings. The number of pyridine rings is 1. The summed E-state index contributed by atoms with van der Waals surface area (Å²) in [7, 11) is 0. The van der Waals surface area contributed by atoms with Gasteiger partial charge in [0.15, 0.2) is 6.29 Å². The van der Waals surface area contributed by atoms with Crippen molar-refractivity contribution in [2.75, 3.05) is 18.4 Å². The second-order valence-electron chi connectivity index (χ2n) is 6.99. The average molecular weight is 301 g/mol. The highest BCUT2D eigenvalue weighted by Gasteiger charge is 2.35. The first-order valence-electron chi connectivity index (χ1n) is 8.70. The summed E-state index contributed by atoms with van der Waals surface area (Å²) < 4.78 is 0. The molecule has 4 heteroatoms. The summed E-state index contributed by atoms with van der Waals surface area (Å²) in [4.78, 5) is 15.2. The monoisotopic (exact) mass is 301 g/mol. The molecule has 1 aliphatic heterocycles. The highest BCUT2D eigenvalue weighted by Crippen LogP contribution is 2.35. The third kappa shape index (κ3) is 3.86. The molecule has 2 aliphatic rings. The number of aldehydes is 1. The third-order valence-corrected chi connectivity index (χ3v) is 5.19. The molecular weight excluding hydrogens is 274 g/mol. The van der Waals surface area contributed by atoms with Crippen LogP contribution in [0.25, 0.3) is 0 Å². The summed E-state index contributed by atoms with van der Waals surface area (Å²) >= 11 is 0. The second-order valence-corrected chi connectivity index (χ2v) is 6.99. The topological polar surface area (TPSA) is 54.0 Å². The molecule has 0 radical (unpaired) electrons. The maximum Gasteiger partial charge on any atom is 0.151 e. The van der Waals surface area contributed by atoms with E-state index in [0.717, 1.165) is 31.1 Å². The molecule has 0 unspecified atom stereocenters. The van der Waals surface area contributed by atoms with Gasteiger partial charge in [-0.15, -0.1) is 0 Å². The Kier molecular flexibility index (Phi) is 5.08. The molecule has 1 aromatic heterocycles. The van der Waals surface area contributed by atoms with Crippen LogP contribution in [0.1, 0.15) is 61.7 Å². The lowest BCUT2D eigenvalue weighted by atomic mass is 9.76. The summed E-state index contributed by atoms with van der Waals surface area (Å²) in [5, 5.41) is 7.27. The lowest BCUT2D eigenvalue weighted by Crippen LogP contribution is -2.52. The van der Waals surface area contributed by atoms with Gasteiger partial charge in [-0.3, -0.25) is 4.79 Å². The molecule has 1 atom stereocenters. The van der Waals surface area contributed by atoms with Crippen LogP contribution < -0.4 is 10.6 Å². The predicted octanol–water partition coefficient (Wildman–Crippen LogP) is 3.40. The Labute approximate surface area is 133 Å². The van der Waals surface area contributed by atoms with Crippen LogP contribution in [-0.4, -0.2) is 29.9 Å². The lowest BCUT2D eigenvalue weighted by molar-refractivity contribution is 0.112. The molecule has 0 aromatic carbocycles. The van der Waals surface area contributed by atoms with Crippen molar-refractivity contribution in [3.8, 4) is 0 Å². The van der Waals surface area contributed by atoms with E-state index in [-0.39, 0.29) is 5.54 Å². The Morgan fingerprint density at radius 2 is 2.14 bits per heavy atom. The molecule has 22 heavy (non-hydrogen) atoms. The molecule has 0 bridgehead atoms. The number of carbonyl (C=O) groups excluding carboxylic acids is 1. The van der Waals surface area contributed by atoms with Crippen LogP contribution in [0, 0.1) is 5.92 Å². The van der Waals surface area contributed by atoms with E-state index in [4.69, 9.17) is 0 Å². The molecule has 120 valence electrons. The minimum absolute atomic E-state index is 0.121. The van der Waals surface area contributed by atoms with Crippen molar-refractivity contribution < 1.29 is 4.79 Å². The number of nitrogens with zero attached hydrogens (tertiary/aromatic N) is 1. The Hall–Kier alpha value is -1.42. The molecule has 3 rings (SSSR count). The van der Waals surface area contributed by atoms with Gasteiger partial charge in [-0.25, -0.2) is 4.98 Å². The van der Waals surface area contributed by atoms with Crippen molar-refractivity contribution in [3.05, 3.63) is 23.9 Å². The van der Waals surface area contributed by atoms with Gasteiger partial charge in [0.1, 0.15) is 5.82 Å². The number of nitrogens with one attached hydrogen (secondary N) is 2. The van der Waals surface area contributed by atoms with Gasteiger partial charge in [0.05, 0.1) is 5.54 Å². The van der Waals surface area contributed by atoms with E-state index in [2.05, 4.69) is 15.6 Å². The number of rotatable bonds is 5. The van der Waals surface area contributed by atoms with Crippen LogP contribution >= 0.6 is 0 Å². The number of hydrogen-bond acceptors (Lipinski definition) is 4. The molecule has 0 spiro atoms. The Morgan fingerprint density at radius 1 is 1.27 bits per heavy atom. The minimum Gasteiger partial charge on any atom is -0.363 e. The summed E-state index contributed by atoms with van der Waals surface area (Å²) in [6.45, 7) is 2.13. The largest absolute Gasteiger partial charge is 0.363 e. The number of hydrogen-bond donors (Lipinski definition) is 2. The Morgan fingerprint density at radius 3 is 2.77 bits per heavy atom. The SMILES string of the molecule is O=Cc1ccc(N[C@]2(CC3CCCCC3)CCCNC2)nc1. The van der Waals surface area contributed by atoms with E-state index >= 15 is 0 Å². The first-order valence-corrected chi connectivity index (χ1v) is 8.70. The smallest absolute Gasteiger partial charge is 0.151 e. The van der Waals surface area contributed by atoms with Gasteiger partial charge in [-0.05, 0) is 43.9 Å². The zero-order valence-electron chi connectivity index (χ0n) is 13.3. The van der Waals surface area contributed by atoms with Gasteiger partial charge in [0.25, 0.3) is 0 Å². The fourth-order valence-corrected chi connectivity index (χ4v) is 4.06. The molecule has 1 saturated carbocycles. The molecule has 2 heterocycles. The van der Waals surface area contributed by atoms with Crippen molar-refractivity contribution >= 4 is 12.1 Å². The summed E-state index contributed by atoms with van der Waals surface area (Å²) in [6.07, 6.45) is 13.1. The highest BCUT2D eigenvalue weighted by atomic mass is 16.1. The standard InChI is InChI=1S/C18H27N3O/c22-13-16-7-8-17(20-12-16)21-18(9-4-10-19-14-18)11-15-5-2-1-3-6-15/h7-8,12-13,15,19H,1-6,9-11,14H2,(H,20,21)/t18-/m0/s1. The zero-order valence-corrected chi connectivity index (χ0v) is 13.3. The lowest BCUT2D eigenvalue weighted by Gasteiger charge is -2.42. The Bertz CT molecular complexity index is 474.